The van der Waals surface area contributed by atoms with E-state index in [9.17, 15) is 9.90 Å². The second-order valence-electron chi connectivity index (χ2n) is 5.49. The number of carboxylic acids is 1. The first kappa shape index (κ1) is 17.7. The van der Waals surface area contributed by atoms with Crippen LogP contribution in [-0.2, 0) is 11.2 Å². The van der Waals surface area contributed by atoms with Crippen LogP contribution in [0.2, 0.25) is 0 Å². The Kier molecular flexibility index (Phi) is 8.01. The molecule has 0 bridgehead atoms. The molecule has 0 spiro atoms. The number of hydrogen-bond acceptors (Lipinski definition) is 3. The Balaban J connectivity index is 2.57. The lowest BCUT2D eigenvalue weighted by atomic mass is 9.97. The number of aliphatic hydroxyl groups excluding tert-OH is 1. The van der Waals surface area contributed by atoms with Crippen LogP contribution in [-0.4, -0.2) is 29.3 Å². The number of nitrogens with one attached hydrogen (secondary N) is 1. The van der Waals surface area contributed by atoms with E-state index in [-0.39, 0.29) is 6.42 Å². The Labute approximate surface area is 127 Å². The summed E-state index contributed by atoms with van der Waals surface area (Å²) in [6, 6.07) is 7.37. The van der Waals surface area contributed by atoms with Gasteiger partial charge in [-0.3, -0.25) is 4.79 Å². The average molecular weight is 293 g/mol. The van der Waals surface area contributed by atoms with Crippen LogP contribution in [0, 0.1) is 0 Å². The maximum Gasteiger partial charge on any atom is 0.305 e. The van der Waals surface area contributed by atoms with Gasteiger partial charge in [0.25, 0.3) is 0 Å². The number of unbranched alkanes of at least 4 members (excludes halogenated alkanes) is 3. The monoisotopic (exact) mass is 293 g/mol. The minimum absolute atomic E-state index is 0.101. The van der Waals surface area contributed by atoms with E-state index in [0.717, 1.165) is 12.0 Å². The van der Waals surface area contributed by atoms with Crippen molar-refractivity contribution in [2.45, 2.75) is 57.6 Å². The number of aliphatic hydroxyl groups is 1. The predicted molar refractivity (Wildman–Crippen MR) is 84.3 cm³/mol. The molecule has 0 fully saturated rings. The van der Waals surface area contributed by atoms with Gasteiger partial charge in [-0.05, 0) is 31.0 Å². The highest BCUT2D eigenvalue weighted by atomic mass is 16.4. The van der Waals surface area contributed by atoms with E-state index in [1.54, 1.807) is 7.05 Å². The number of carbonyl (C=O) groups is 1. The SMILES string of the molecule is CCCCCCc1ccc(C(O)C(CC(=O)O)NC)cc1. The van der Waals surface area contributed by atoms with E-state index < -0.39 is 18.1 Å². The van der Waals surface area contributed by atoms with Gasteiger partial charge in [0.05, 0.1) is 12.5 Å². The van der Waals surface area contributed by atoms with Crippen LogP contribution in [0.3, 0.4) is 0 Å². The lowest BCUT2D eigenvalue weighted by Crippen LogP contribution is -2.34. The first-order chi connectivity index (χ1) is 10.1. The fraction of sp³-hybridized carbons (Fsp3) is 0.588. The number of hydrogen-bond donors (Lipinski definition) is 3. The topological polar surface area (TPSA) is 69.6 Å². The van der Waals surface area contributed by atoms with Crippen molar-refractivity contribution < 1.29 is 15.0 Å². The summed E-state index contributed by atoms with van der Waals surface area (Å²) in [7, 11) is 1.67. The summed E-state index contributed by atoms with van der Waals surface area (Å²) in [5.74, 6) is -0.916. The van der Waals surface area contributed by atoms with E-state index in [0.29, 0.717) is 0 Å². The van der Waals surface area contributed by atoms with E-state index >= 15 is 0 Å². The molecule has 1 aromatic carbocycles. The van der Waals surface area contributed by atoms with E-state index in [4.69, 9.17) is 5.11 Å². The third kappa shape index (κ3) is 6.27. The number of likely N-dealkylation sites (N-methyl/N-ethyl adjacent to an activating group) is 1. The second-order valence-corrected chi connectivity index (χ2v) is 5.49. The Bertz CT molecular complexity index is 417. The molecule has 0 amide bonds. The van der Waals surface area contributed by atoms with Crippen molar-refractivity contribution in [2.24, 2.45) is 0 Å². The summed E-state index contributed by atoms with van der Waals surface area (Å²) < 4.78 is 0. The van der Waals surface area contributed by atoms with Gasteiger partial charge in [0, 0.05) is 6.04 Å². The van der Waals surface area contributed by atoms with Crippen LogP contribution in [0.15, 0.2) is 24.3 Å². The zero-order valence-electron chi connectivity index (χ0n) is 13.0. The van der Waals surface area contributed by atoms with Gasteiger partial charge in [0.15, 0.2) is 0 Å². The van der Waals surface area contributed by atoms with Crippen molar-refractivity contribution >= 4 is 5.97 Å². The van der Waals surface area contributed by atoms with Gasteiger partial charge in [-0.15, -0.1) is 0 Å². The molecule has 0 saturated heterocycles. The first-order valence-corrected chi connectivity index (χ1v) is 7.74. The van der Waals surface area contributed by atoms with Crippen LogP contribution in [0.1, 0.15) is 56.3 Å². The molecule has 1 aromatic rings. The lowest BCUT2D eigenvalue weighted by Gasteiger charge is -2.21. The van der Waals surface area contributed by atoms with Gasteiger partial charge >= 0.3 is 5.97 Å². The van der Waals surface area contributed by atoms with Gasteiger partial charge in [-0.1, -0.05) is 50.5 Å². The molecule has 0 aliphatic heterocycles. The molecular weight excluding hydrogens is 266 g/mol. The fourth-order valence-corrected chi connectivity index (χ4v) is 2.43. The molecule has 4 nitrogen and oxygen atoms in total. The Hall–Kier alpha value is -1.39. The number of rotatable bonds is 10. The summed E-state index contributed by atoms with van der Waals surface area (Å²) in [4.78, 5) is 10.8. The van der Waals surface area contributed by atoms with Crippen LogP contribution in [0.5, 0.6) is 0 Å². The van der Waals surface area contributed by atoms with E-state index in [1.165, 1.54) is 31.2 Å². The molecule has 3 N–H and O–H groups in total. The molecule has 1 rings (SSSR count). The first-order valence-electron chi connectivity index (χ1n) is 7.74. The standard InChI is InChI=1S/C17H27NO3/c1-3-4-5-6-7-13-8-10-14(11-9-13)17(21)15(18-2)12-16(19)20/h8-11,15,17-18,21H,3-7,12H2,1-2H3,(H,19,20). The molecule has 0 radical (unpaired) electrons. The predicted octanol–water partition coefficient (Wildman–Crippen LogP) is 2.91. The number of carboxylic acid groups (broad SMARTS) is 1. The summed E-state index contributed by atoms with van der Waals surface area (Å²) >= 11 is 0. The Morgan fingerprint density at radius 3 is 2.38 bits per heavy atom. The molecule has 0 aromatic heterocycles. The summed E-state index contributed by atoms with van der Waals surface area (Å²) in [6.45, 7) is 2.20. The highest BCUT2D eigenvalue weighted by Crippen LogP contribution is 2.20. The number of aryl methyl sites for hydroxylation is 1. The zero-order chi connectivity index (χ0) is 15.7. The minimum atomic E-state index is -0.916. The van der Waals surface area contributed by atoms with Crippen molar-refractivity contribution in [3.63, 3.8) is 0 Å². The van der Waals surface area contributed by atoms with Crippen molar-refractivity contribution in [3.05, 3.63) is 35.4 Å². The van der Waals surface area contributed by atoms with Crippen molar-refractivity contribution in [2.75, 3.05) is 7.05 Å². The molecule has 2 unspecified atom stereocenters. The lowest BCUT2D eigenvalue weighted by molar-refractivity contribution is -0.138. The summed E-state index contributed by atoms with van der Waals surface area (Å²) in [5.41, 5.74) is 2.02. The van der Waals surface area contributed by atoms with Crippen LogP contribution in [0.4, 0.5) is 0 Å². The van der Waals surface area contributed by atoms with Crippen molar-refractivity contribution in [1.82, 2.24) is 5.32 Å². The molecule has 4 heteroatoms. The van der Waals surface area contributed by atoms with Gasteiger partial charge in [0.1, 0.15) is 0 Å². The third-order valence-corrected chi connectivity index (χ3v) is 3.79. The van der Waals surface area contributed by atoms with Crippen LogP contribution < -0.4 is 5.32 Å². The molecule has 0 aliphatic rings. The van der Waals surface area contributed by atoms with Gasteiger partial charge < -0.3 is 15.5 Å². The minimum Gasteiger partial charge on any atom is -0.481 e. The number of benzene rings is 1. The van der Waals surface area contributed by atoms with E-state index in [2.05, 4.69) is 12.2 Å². The Morgan fingerprint density at radius 2 is 1.86 bits per heavy atom. The van der Waals surface area contributed by atoms with Crippen LogP contribution in [0.25, 0.3) is 0 Å². The maximum absolute atomic E-state index is 10.8. The average Bonchev–Trinajstić information content (AvgIpc) is 2.49. The molecular formula is C17H27NO3. The zero-order valence-corrected chi connectivity index (χ0v) is 13.0. The maximum atomic E-state index is 10.8. The fourth-order valence-electron chi connectivity index (χ4n) is 2.43. The molecule has 0 heterocycles. The highest BCUT2D eigenvalue weighted by molar-refractivity contribution is 5.67. The molecule has 21 heavy (non-hydrogen) atoms. The largest absolute Gasteiger partial charge is 0.481 e. The van der Waals surface area contributed by atoms with Gasteiger partial charge in [-0.25, -0.2) is 0 Å². The van der Waals surface area contributed by atoms with E-state index in [1.807, 2.05) is 24.3 Å². The van der Waals surface area contributed by atoms with Crippen LogP contribution >= 0.6 is 0 Å². The summed E-state index contributed by atoms with van der Waals surface area (Å²) in [6.07, 6.45) is 5.10. The molecule has 118 valence electrons. The second kappa shape index (κ2) is 9.53. The van der Waals surface area contributed by atoms with Gasteiger partial charge in [-0.2, -0.15) is 0 Å². The highest BCUT2D eigenvalue weighted by Gasteiger charge is 2.21. The molecule has 0 saturated carbocycles. The quantitative estimate of drug-likeness (QED) is 0.580. The third-order valence-electron chi connectivity index (χ3n) is 3.79. The molecule has 2 atom stereocenters. The van der Waals surface area contributed by atoms with Gasteiger partial charge in [0.2, 0.25) is 0 Å². The van der Waals surface area contributed by atoms with Crippen molar-refractivity contribution in [1.29, 1.82) is 0 Å². The summed E-state index contributed by atoms with van der Waals surface area (Å²) in [5, 5.41) is 21.9. The number of aliphatic carboxylic acids is 1. The molecule has 0 aliphatic carbocycles. The Morgan fingerprint density at radius 1 is 1.19 bits per heavy atom. The van der Waals surface area contributed by atoms with Crippen molar-refractivity contribution in [3.8, 4) is 0 Å². The smallest absolute Gasteiger partial charge is 0.305 e. The normalized spacial score (nSPS) is 13.9.